The van der Waals surface area contributed by atoms with Gasteiger partial charge in [0.1, 0.15) is 0 Å². The van der Waals surface area contributed by atoms with Gasteiger partial charge in [-0.1, -0.05) is 0 Å². The predicted octanol–water partition coefficient (Wildman–Crippen LogP) is 4.59. The van der Waals surface area contributed by atoms with Gasteiger partial charge in [-0.25, -0.2) is 0 Å². The minimum atomic E-state index is -3.03. The zero-order chi connectivity index (χ0) is 19.7. The summed E-state index contributed by atoms with van der Waals surface area (Å²) in [4.78, 5) is 2.24. The van der Waals surface area contributed by atoms with Crippen LogP contribution in [0.5, 0.6) is 0 Å². The Morgan fingerprint density at radius 1 is 0.714 bits per heavy atom. The van der Waals surface area contributed by atoms with Crippen molar-refractivity contribution < 1.29 is 0 Å². The molecular weight excluding hydrogens is 524 g/mol. The molecule has 4 aromatic carbocycles. The average molecular weight is 548 g/mol. The summed E-state index contributed by atoms with van der Waals surface area (Å²) in [6.07, 6.45) is 0. The molecule has 1 aliphatic heterocycles. The Kier molecular flexibility index (Phi) is 4.09. The number of hydrogen-bond acceptors (Lipinski definition) is 1. The van der Waals surface area contributed by atoms with E-state index in [1.54, 1.807) is 0 Å². The second-order valence-corrected chi connectivity index (χ2v) is 22.3. The van der Waals surface area contributed by atoms with E-state index < -0.39 is 16.2 Å². The van der Waals surface area contributed by atoms with Crippen molar-refractivity contribution in [3.05, 3.63) is 72.8 Å². The fourth-order valence-electron chi connectivity index (χ4n) is 4.59. The molecule has 0 N–H and O–H groups in total. The first kappa shape index (κ1) is 18.5. The van der Waals surface area contributed by atoms with Crippen molar-refractivity contribution in [3.63, 3.8) is 0 Å². The molecule has 1 heterocycles. The maximum atomic E-state index is 4.50. The summed E-state index contributed by atoms with van der Waals surface area (Å²) in [5.41, 5.74) is 2.73. The van der Waals surface area contributed by atoms with Crippen LogP contribution in [0.15, 0.2) is 72.8 Å². The van der Waals surface area contributed by atoms with Crippen LogP contribution in [0.25, 0.3) is 21.5 Å². The molecule has 5 rings (SSSR count). The van der Waals surface area contributed by atoms with Crippen LogP contribution in [-0.4, -0.2) is 44.4 Å². The molecule has 0 radical (unpaired) electrons. The van der Waals surface area contributed by atoms with Crippen molar-refractivity contribution in [2.75, 3.05) is 33.1 Å². The van der Waals surface area contributed by atoms with Crippen molar-refractivity contribution in [2.24, 2.45) is 0 Å². The monoisotopic (exact) mass is 549 g/mol. The molecule has 0 fully saturated rings. The quantitative estimate of drug-likeness (QED) is 0.332. The maximum absolute atomic E-state index is 4.50. The Labute approximate surface area is 176 Å². The molecule has 0 bridgehead atoms. The van der Waals surface area contributed by atoms with Crippen molar-refractivity contribution in [1.82, 2.24) is 2.73 Å². The molecule has 1 aliphatic rings. The van der Waals surface area contributed by atoms with Crippen molar-refractivity contribution >= 4 is 69.1 Å². The van der Waals surface area contributed by atoms with Gasteiger partial charge in [0.2, 0.25) is 0 Å². The van der Waals surface area contributed by atoms with Gasteiger partial charge in [-0.05, 0) is 0 Å². The second-order valence-electron chi connectivity index (χ2n) is 8.02. The molecule has 1 atom stereocenters. The molecule has 4 heteroatoms. The molecule has 0 aromatic heterocycles. The Balaban J connectivity index is 1.95. The fourth-order valence-corrected chi connectivity index (χ4v) is 18.2. The van der Waals surface area contributed by atoms with Crippen LogP contribution in [0, 0.1) is 0 Å². The molecule has 0 saturated heterocycles. The third-order valence-electron chi connectivity index (χ3n) is 5.96. The summed E-state index contributed by atoms with van der Waals surface area (Å²) in [5.74, 6) is 0. The number of quaternary nitrogens is 1. The topological polar surface area (TPSA) is 3.24 Å². The van der Waals surface area contributed by atoms with Crippen molar-refractivity contribution in [1.29, 1.82) is 0 Å². The molecule has 0 spiro atoms. The summed E-state index contributed by atoms with van der Waals surface area (Å²) in [6.45, 7) is 0. The molecular formula is C24H24BrN2Te+. The van der Waals surface area contributed by atoms with Gasteiger partial charge in [0.05, 0.1) is 0 Å². The van der Waals surface area contributed by atoms with E-state index in [-0.39, 0.29) is 0 Å². The van der Waals surface area contributed by atoms with Gasteiger partial charge < -0.3 is 0 Å². The number of nitrogens with zero attached hydrogens (tertiary/aromatic N) is 2. The number of fused-ring (bicyclic) bond motifs is 1. The molecule has 0 unspecified atom stereocenters. The van der Waals surface area contributed by atoms with Crippen LogP contribution in [0.2, 0.25) is 0 Å². The number of anilines is 1. The Morgan fingerprint density at radius 2 is 1.21 bits per heavy atom. The zero-order valence-corrected chi connectivity index (χ0v) is 20.5. The summed E-state index contributed by atoms with van der Waals surface area (Å²) >= 11 is 1.47. The number of rotatable bonds is 2. The molecule has 28 heavy (non-hydrogen) atoms. The van der Waals surface area contributed by atoms with Gasteiger partial charge in [0, 0.05) is 0 Å². The van der Waals surface area contributed by atoms with E-state index in [2.05, 4.69) is 119 Å². The Bertz CT molecular complexity index is 1240. The Morgan fingerprint density at radius 3 is 1.82 bits per heavy atom. The van der Waals surface area contributed by atoms with E-state index in [1.165, 1.54) is 40.1 Å². The first-order valence-electron chi connectivity index (χ1n) is 9.46. The molecule has 4 aromatic rings. The van der Waals surface area contributed by atoms with Crippen LogP contribution in [-0.2, 0) is 0 Å². The van der Waals surface area contributed by atoms with Crippen LogP contribution in [0.3, 0.4) is 0 Å². The van der Waals surface area contributed by atoms with Gasteiger partial charge >= 0.3 is 178 Å². The third kappa shape index (κ3) is 2.24. The van der Waals surface area contributed by atoms with Crippen LogP contribution < -0.4 is 14.9 Å². The van der Waals surface area contributed by atoms with Crippen molar-refractivity contribution in [3.8, 4) is 0 Å². The molecule has 142 valence electrons. The zero-order valence-electron chi connectivity index (χ0n) is 16.6. The van der Waals surface area contributed by atoms with Gasteiger partial charge in [0.25, 0.3) is 0 Å². The van der Waals surface area contributed by atoms with Crippen molar-refractivity contribution in [2.45, 2.75) is 0 Å². The third-order valence-corrected chi connectivity index (χ3v) is 24.9. The first-order chi connectivity index (χ1) is 13.4. The van der Waals surface area contributed by atoms with E-state index in [4.69, 9.17) is 0 Å². The SMILES string of the molecule is CN(C)c1cccc2cccc([Te@]3(Br)c4cccc5cccc(c45)[N+]3(C)C)c12. The fraction of sp³-hybridized carbons (Fsp3) is 0.167. The van der Waals surface area contributed by atoms with Crippen LogP contribution in [0.4, 0.5) is 11.4 Å². The molecule has 0 amide bonds. The van der Waals surface area contributed by atoms with Crippen LogP contribution >= 0.6 is 12.8 Å². The first-order valence-corrected chi connectivity index (χ1v) is 18.1. The van der Waals surface area contributed by atoms with Gasteiger partial charge in [-0.3, -0.25) is 0 Å². The number of hydrogen-bond donors (Lipinski definition) is 0. The predicted molar refractivity (Wildman–Crippen MR) is 130 cm³/mol. The number of halogens is 1. The summed E-state index contributed by atoms with van der Waals surface area (Å²) in [7, 11) is 9.07. The second kappa shape index (κ2) is 6.21. The minimum absolute atomic E-state index is 0.917. The normalized spacial score (nSPS) is 20.0. The molecule has 2 nitrogen and oxygen atoms in total. The van der Waals surface area contributed by atoms with E-state index in [1.807, 2.05) is 0 Å². The van der Waals surface area contributed by atoms with E-state index >= 15 is 0 Å². The van der Waals surface area contributed by atoms with Gasteiger partial charge in [-0.15, -0.1) is 0 Å². The van der Waals surface area contributed by atoms with Crippen LogP contribution in [0.1, 0.15) is 0 Å². The van der Waals surface area contributed by atoms with Gasteiger partial charge in [0.15, 0.2) is 0 Å². The summed E-state index contributed by atoms with van der Waals surface area (Å²) in [5, 5.41) is 5.51. The summed E-state index contributed by atoms with van der Waals surface area (Å²) in [6, 6.07) is 27.1. The molecule has 0 aliphatic carbocycles. The average Bonchev–Trinajstić information content (AvgIpc) is 2.88. The van der Waals surface area contributed by atoms with E-state index in [0.29, 0.717) is 0 Å². The van der Waals surface area contributed by atoms with E-state index in [0.717, 1.165) is 2.73 Å². The standard InChI is InChI=1S/C24H24BrN2Te/c1-26(2)19-13-5-9-17-11-7-15-21(23(17)19)28(25)22-16-8-12-18-10-6-14-20(24(18)22)27(28,3)4/h5-16H,1-4H3/q+1. The Hall–Kier alpha value is -1.57. The molecule has 0 saturated carbocycles. The van der Waals surface area contributed by atoms with Gasteiger partial charge in [-0.2, -0.15) is 0 Å². The van der Waals surface area contributed by atoms with E-state index in [9.17, 15) is 0 Å². The summed E-state index contributed by atoms with van der Waals surface area (Å²) < 4.78 is 3.94. The number of benzene rings is 4.